The van der Waals surface area contributed by atoms with E-state index in [2.05, 4.69) is 15.1 Å². The van der Waals surface area contributed by atoms with E-state index < -0.39 is 11.7 Å². The summed E-state index contributed by atoms with van der Waals surface area (Å²) in [7, 11) is 1.51. The molecular formula is C17H9Cl2F3N4O2. The van der Waals surface area contributed by atoms with E-state index in [9.17, 15) is 13.2 Å². The summed E-state index contributed by atoms with van der Waals surface area (Å²) in [6, 6.07) is 5.74. The third-order valence-corrected chi connectivity index (χ3v) is 4.49. The standard InChI is InChI=1S/C17H9Cl2F3N4O2/c1-27-9-2-3-10(11(18)5-9)14-24-16(28-25-14)13-7-26-6-8(17(20,21)22)4-12(19)15(26)23-13/h2-7H,1H3. The number of rotatable bonds is 3. The topological polar surface area (TPSA) is 65.5 Å². The molecule has 0 atom stereocenters. The van der Waals surface area contributed by atoms with Crippen molar-refractivity contribution in [1.82, 2.24) is 19.5 Å². The largest absolute Gasteiger partial charge is 0.497 e. The highest BCUT2D eigenvalue weighted by Crippen LogP contribution is 2.34. The molecule has 4 aromatic rings. The van der Waals surface area contributed by atoms with Gasteiger partial charge in [0.2, 0.25) is 5.82 Å². The minimum absolute atomic E-state index is 0.00945. The molecule has 0 unspecified atom stereocenters. The Bertz CT molecular complexity index is 1190. The molecule has 0 fully saturated rings. The molecule has 28 heavy (non-hydrogen) atoms. The van der Waals surface area contributed by atoms with Gasteiger partial charge < -0.3 is 13.7 Å². The van der Waals surface area contributed by atoms with E-state index >= 15 is 0 Å². The third-order valence-electron chi connectivity index (χ3n) is 3.90. The first-order chi connectivity index (χ1) is 13.3. The second-order valence-corrected chi connectivity index (χ2v) is 6.51. The van der Waals surface area contributed by atoms with Gasteiger partial charge in [0.1, 0.15) is 11.4 Å². The van der Waals surface area contributed by atoms with Crippen LogP contribution in [0.15, 0.2) is 41.2 Å². The van der Waals surface area contributed by atoms with Gasteiger partial charge in [0, 0.05) is 18.0 Å². The molecule has 0 radical (unpaired) electrons. The van der Waals surface area contributed by atoms with Crippen LogP contribution in [0.5, 0.6) is 5.75 Å². The number of hydrogen-bond acceptors (Lipinski definition) is 5. The van der Waals surface area contributed by atoms with Crippen LogP contribution in [0.25, 0.3) is 28.6 Å². The zero-order valence-corrected chi connectivity index (χ0v) is 15.5. The molecule has 0 bridgehead atoms. The molecule has 0 saturated carbocycles. The van der Waals surface area contributed by atoms with Crippen LogP contribution in [0.3, 0.4) is 0 Å². The Kier molecular flexibility index (Phi) is 4.43. The van der Waals surface area contributed by atoms with Crippen LogP contribution in [-0.2, 0) is 6.18 Å². The van der Waals surface area contributed by atoms with Crippen LogP contribution in [0.1, 0.15) is 5.56 Å². The number of halogens is 5. The summed E-state index contributed by atoms with van der Waals surface area (Å²) in [6.45, 7) is 0. The first-order valence-corrected chi connectivity index (χ1v) is 8.45. The summed E-state index contributed by atoms with van der Waals surface area (Å²) in [5.74, 6) is 0.768. The Hall–Kier alpha value is -2.78. The van der Waals surface area contributed by atoms with Crippen molar-refractivity contribution in [3.05, 3.63) is 52.3 Å². The molecule has 0 aliphatic carbocycles. The van der Waals surface area contributed by atoms with Gasteiger partial charge in [-0.15, -0.1) is 0 Å². The highest BCUT2D eigenvalue weighted by atomic mass is 35.5. The Morgan fingerprint density at radius 3 is 2.54 bits per heavy atom. The molecule has 3 aromatic heterocycles. The molecular weight excluding hydrogens is 420 g/mol. The lowest BCUT2D eigenvalue weighted by Crippen LogP contribution is -2.06. The van der Waals surface area contributed by atoms with Gasteiger partial charge in [-0.3, -0.25) is 0 Å². The minimum Gasteiger partial charge on any atom is -0.497 e. The Morgan fingerprint density at radius 2 is 1.86 bits per heavy atom. The van der Waals surface area contributed by atoms with Crippen molar-refractivity contribution >= 4 is 28.8 Å². The fraction of sp³-hybridized carbons (Fsp3) is 0.118. The zero-order chi connectivity index (χ0) is 20.1. The highest BCUT2D eigenvalue weighted by molar-refractivity contribution is 6.33. The number of pyridine rings is 1. The van der Waals surface area contributed by atoms with E-state index in [0.717, 1.165) is 16.7 Å². The highest BCUT2D eigenvalue weighted by Gasteiger charge is 2.32. The molecule has 11 heteroatoms. The van der Waals surface area contributed by atoms with Crippen molar-refractivity contribution in [3.8, 4) is 28.7 Å². The van der Waals surface area contributed by atoms with E-state index in [1.165, 1.54) is 13.3 Å². The summed E-state index contributed by atoms with van der Waals surface area (Å²) in [5.41, 5.74) is -0.0969. The number of hydrogen-bond donors (Lipinski definition) is 0. The Labute approximate surface area is 165 Å². The average molecular weight is 429 g/mol. The van der Waals surface area contributed by atoms with E-state index in [1.807, 2.05) is 0 Å². The van der Waals surface area contributed by atoms with Crippen LogP contribution in [0.4, 0.5) is 13.2 Å². The summed E-state index contributed by atoms with van der Waals surface area (Å²) in [4.78, 5) is 8.40. The molecule has 0 aliphatic heterocycles. The molecule has 0 spiro atoms. The quantitative estimate of drug-likeness (QED) is 0.437. The fourth-order valence-electron chi connectivity index (χ4n) is 2.56. The predicted molar refractivity (Wildman–Crippen MR) is 95.5 cm³/mol. The van der Waals surface area contributed by atoms with Gasteiger partial charge in [-0.2, -0.15) is 18.2 Å². The number of ether oxygens (including phenoxy) is 1. The second kappa shape index (κ2) is 6.68. The smallest absolute Gasteiger partial charge is 0.417 e. The first kappa shape index (κ1) is 18.6. The number of imidazole rings is 1. The summed E-state index contributed by atoms with van der Waals surface area (Å²) >= 11 is 12.1. The van der Waals surface area contributed by atoms with Crippen LogP contribution < -0.4 is 4.74 Å². The maximum Gasteiger partial charge on any atom is 0.417 e. The lowest BCUT2D eigenvalue weighted by Gasteiger charge is -2.07. The molecule has 0 saturated heterocycles. The average Bonchev–Trinajstić information content (AvgIpc) is 3.27. The van der Waals surface area contributed by atoms with Crippen molar-refractivity contribution < 1.29 is 22.4 Å². The van der Waals surface area contributed by atoms with Gasteiger partial charge in [0.25, 0.3) is 5.89 Å². The fourth-order valence-corrected chi connectivity index (χ4v) is 3.07. The van der Waals surface area contributed by atoms with Crippen molar-refractivity contribution in [2.45, 2.75) is 6.18 Å². The molecule has 144 valence electrons. The van der Waals surface area contributed by atoms with Crippen LogP contribution in [-0.4, -0.2) is 26.6 Å². The molecule has 6 nitrogen and oxygen atoms in total. The number of aromatic nitrogens is 4. The summed E-state index contributed by atoms with van der Waals surface area (Å²) in [6.07, 6.45) is -2.33. The number of alkyl halides is 3. The van der Waals surface area contributed by atoms with Gasteiger partial charge in [0.15, 0.2) is 5.65 Å². The van der Waals surface area contributed by atoms with E-state index in [4.69, 9.17) is 32.5 Å². The molecule has 1 aromatic carbocycles. The van der Waals surface area contributed by atoms with Gasteiger partial charge in [-0.1, -0.05) is 28.4 Å². The summed E-state index contributed by atoms with van der Waals surface area (Å²) < 4.78 is 50.3. The molecule has 0 amide bonds. The molecule has 3 heterocycles. The Morgan fingerprint density at radius 1 is 1.07 bits per heavy atom. The zero-order valence-electron chi connectivity index (χ0n) is 14.0. The molecule has 0 N–H and O–H groups in total. The number of methoxy groups -OCH3 is 1. The maximum absolute atomic E-state index is 13.0. The predicted octanol–water partition coefficient (Wildman–Crippen LogP) is 5.39. The number of nitrogens with zero attached hydrogens (tertiary/aromatic N) is 4. The van der Waals surface area contributed by atoms with Crippen molar-refractivity contribution in [3.63, 3.8) is 0 Å². The van der Waals surface area contributed by atoms with E-state index in [0.29, 0.717) is 16.3 Å². The van der Waals surface area contributed by atoms with Crippen molar-refractivity contribution in [1.29, 1.82) is 0 Å². The first-order valence-electron chi connectivity index (χ1n) is 7.69. The van der Waals surface area contributed by atoms with Crippen LogP contribution in [0, 0.1) is 0 Å². The lowest BCUT2D eigenvalue weighted by molar-refractivity contribution is -0.137. The summed E-state index contributed by atoms with van der Waals surface area (Å²) in [5, 5.41) is 4.05. The molecule has 4 rings (SSSR count). The minimum atomic E-state index is -4.54. The SMILES string of the molecule is COc1ccc(-c2noc(-c3cn4cc(C(F)(F)F)cc(Cl)c4n3)n2)c(Cl)c1. The second-order valence-electron chi connectivity index (χ2n) is 5.70. The van der Waals surface area contributed by atoms with Crippen LogP contribution >= 0.6 is 23.2 Å². The van der Waals surface area contributed by atoms with Gasteiger partial charge in [-0.05, 0) is 24.3 Å². The normalized spacial score (nSPS) is 11.9. The van der Waals surface area contributed by atoms with E-state index in [-0.39, 0.29) is 28.1 Å². The van der Waals surface area contributed by atoms with Gasteiger partial charge in [-0.25, -0.2) is 4.98 Å². The monoisotopic (exact) mass is 428 g/mol. The van der Waals surface area contributed by atoms with Gasteiger partial charge in [0.05, 0.1) is 22.7 Å². The maximum atomic E-state index is 13.0. The lowest BCUT2D eigenvalue weighted by atomic mass is 10.2. The number of fused-ring (bicyclic) bond motifs is 1. The van der Waals surface area contributed by atoms with Crippen molar-refractivity contribution in [2.75, 3.05) is 7.11 Å². The number of benzene rings is 1. The molecule has 0 aliphatic rings. The van der Waals surface area contributed by atoms with Gasteiger partial charge >= 0.3 is 6.18 Å². The third kappa shape index (κ3) is 3.27. The van der Waals surface area contributed by atoms with Crippen LogP contribution in [0.2, 0.25) is 10.0 Å². The Balaban J connectivity index is 1.75. The van der Waals surface area contributed by atoms with E-state index in [1.54, 1.807) is 18.2 Å². The van der Waals surface area contributed by atoms with Crippen molar-refractivity contribution in [2.24, 2.45) is 0 Å².